The van der Waals surface area contributed by atoms with E-state index in [2.05, 4.69) is 20.4 Å². The number of ether oxygens (including phenoxy) is 1. The first-order valence-corrected chi connectivity index (χ1v) is 5.54. The second-order valence-electron chi connectivity index (χ2n) is 3.66. The Morgan fingerprint density at radius 1 is 1.36 bits per heavy atom. The van der Waals surface area contributed by atoms with Crippen LogP contribution in [0.2, 0.25) is 0 Å². The van der Waals surface area contributed by atoms with Crippen molar-refractivity contribution in [3.63, 3.8) is 0 Å². The molecule has 14 heavy (non-hydrogen) atoms. The maximum absolute atomic E-state index is 11.2. The molecule has 0 radical (unpaired) electrons. The number of unbranched alkanes of at least 4 members (excludes halogenated alkanes) is 1. The Bertz CT molecular complexity index is 164. The molecular formula is C12H22O2. The highest BCUT2D eigenvalue weighted by molar-refractivity contribution is 5.70. The summed E-state index contributed by atoms with van der Waals surface area (Å²) >= 11 is 0. The highest BCUT2D eigenvalue weighted by Gasteiger charge is 2.12. The Labute approximate surface area is 87.3 Å². The third kappa shape index (κ3) is 6.70. The molecule has 0 aromatic heterocycles. The molecular weight excluding hydrogens is 176 g/mol. The summed E-state index contributed by atoms with van der Waals surface area (Å²) in [7, 11) is 0. The zero-order valence-corrected chi connectivity index (χ0v) is 9.42. The minimum absolute atomic E-state index is 0.144. The third-order valence-electron chi connectivity index (χ3n) is 2.33. The number of carbonyl (C=O) groups is 1. The van der Waals surface area contributed by atoms with E-state index in [0.717, 1.165) is 19.3 Å². The van der Waals surface area contributed by atoms with Crippen molar-refractivity contribution >= 4 is 5.97 Å². The second-order valence-corrected chi connectivity index (χ2v) is 3.66. The molecule has 0 spiro atoms. The highest BCUT2D eigenvalue weighted by atomic mass is 16.5. The van der Waals surface area contributed by atoms with Gasteiger partial charge in [-0.1, -0.05) is 46.1 Å². The van der Waals surface area contributed by atoms with Gasteiger partial charge in [-0.2, -0.15) is 0 Å². The van der Waals surface area contributed by atoms with Crippen LogP contribution < -0.4 is 0 Å². The zero-order chi connectivity index (χ0) is 10.8. The van der Waals surface area contributed by atoms with E-state index >= 15 is 0 Å². The van der Waals surface area contributed by atoms with Crippen molar-refractivity contribution in [2.24, 2.45) is 5.92 Å². The lowest BCUT2D eigenvalue weighted by atomic mass is 9.94. The molecule has 2 heteroatoms. The number of esters is 1. The third-order valence-corrected chi connectivity index (χ3v) is 2.33. The van der Waals surface area contributed by atoms with E-state index in [9.17, 15) is 4.79 Å². The molecule has 0 fully saturated rings. The first-order valence-electron chi connectivity index (χ1n) is 5.54. The van der Waals surface area contributed by atoms with Gasteiger partial charge in [-0.15, -0.1) is 0 Å². The van der Waals surface area contributed by atoms with Crippen molar-refractivity contribution in [3.05, 3.63) is 12.8 Å². The topological polar surface area (TPSA) is 26.3 Å². The predicted octanol–water partition coefficient (Wildman–Crippen LogP) is 3.67. The molecule has 0 aromatic rings. The van der Waals surface area contributed by atoms with Gasteiger partial charge in [0.25, 0.3) is 0 Å². The summed E-state index contributed by atoms with van der Waals surface area (Å²) in [6.07, 6.45) is 7.53. The lowest BCUT2D eigenvalue weighted by molar-refractivity contribution is -0.139. The molecule has 82 valence electrons. The van der Waals surface area contributed by atoms with Crippen LogP contribution in [0.15, 0.2) is 12.8 Å². The molecule has 1 unspecified atom stereocenters. The fourth-order valence-electron chi connectivity index (χ4n) is 1.63. The minimum Gasteiger partial charge on any atom is -0.435 e. The van der Waals surface area contributed by atoms with Crippen molar-refractivity contribution in [1.29, 1.82) is 0 Å². The molecule has 0 N–H and O–H groups in total. The van der Waals surface area contributed by atoms with Gasteiger partial charge in [-0.05, 0) is 12.3 Å². The highest BCUT2D eigenvalue weighted by Crippen LogP contribution is 2.19. The number of hydrogen-bond donors (Lipinski definition) is 0. The molecule has 0 rings (SSSR count). The van der Waals surface area contributed by atoms with Gasteiger partial charge in [0.15, 0.2) is 0 Å². The lowest BCUT2D eigenvalue weighted by Gasteiger charge is -2.13. The smallest absolute Gasteiger partial charge is 0.310 e. The molecule has 0 aliphatic carbocycles. The Morgan fingerprint density at radius 3 is 2.57 bits per heavy atom. The number of rotatable bonds is 8. The van der Waals surface area contributed by atoms with Crippen molar-refractivity contribution in [2.45, 2.75) is 52.4 Å². The normalized spacial score (nSPS) is 12.1. The Morgan fingerprint density at radius 2 is 2.07 bits per heavy atom. The van der Waals surface area contributed by atoms with Crippen molar-refractivity contribution in [2.75, 3.05) is 0 Å². The van der Waals surface area contributed by atoms with Crippen molar-refractivity contribution in [3.8, 4) is 0 Å². The minimum atomic E-state index is -0.144. The van der Waals surface area contributed by atoms with Crippen LogP contribution in [-0.2, 0) is 9.53 Å². The Kier molecular flexibility index (Phi) is 8.30. The van der Waals surface area contributed by atoms with Gasteiger partial charge in [0.05, 0.1) is 6.26 Å². The van der Waals surface area contributed by atoms with Gasteiger partial charge in [-0.25, -0.2) is 0 Å². The van der Waals surface area contributed by atoms with Crippen LogP contribution >= 0.6 is 0 Å². The van der Waals surface area contributed by atoms with Crippen molar-refractivity contribution in [1.82, 2.24) is 0 Å². The molecule has 0 heterocycles. The summed E-state index contributed by atoms with van der Waals surface area (Å²) < 4.78 is 4.72. The summed E-state index contributed by atoms with van der Waals surface area (Å²) in [5.74, 6) is 0.349. The van der Waals surface area contributed by atoms with E-state index in [1.807, 2.05) is 0 Å². The molecule has 0 amide bonds. The van der Waals surface area contributed by atoms with Gasteiger partial charge < -0.3 is 4.74 Å². The quantitative estimate of drug-likeness (QED) is 0.439. The summed E-state index contributed by atoms with van der Waals surface area (Å²) in [6, 6.07) is 0. The first-order chi connectivity index (χ1) is 6.74. The monoisotopic (exact) mass is 198 g/mol. The summed E-state index contributed by atoms with van der Waals surface area (Å²) in [5.41, 5.74) is 0. The van der Waals surface area contributed by atoms with E-state index in [0.29, 0.717) is 12.3 Å². The fourth-order valence-corrected chi connectivity index (χ4v) is 1.63. The maximum atomic E-state index is 11.2. The van der Waals surface area contributed by atoms with Crippen LogP contribution in [0.3, 0.4) is 0 Å². The van der Waals surface area contributed by atoms with Gasteiger partial charge >= 0.3 is 5.97 Å². The van der Waals surface area contributed by atoms with E-state index in [1.54, 1.807) is 0 Å². The van der Waals surface area contributed by atoms with Gasteiger partial charge in [-0.3, -0.25) is 4.79 Å². The molecule has 0 aliphatic heterocycles. The van der Waals surface area contributed by atoms with Gasteiger partial charge in [0.1, 0.15) is 0 Å². The van der Waals surface area contributed by atoms with E-state index in [-0.39, 0.29) is 5.97 Å². The summed E-state index contributed by atoms with van der Waals surface area (Å²) in [6.45, 7) is 7.70. The first kappa shape index (κ1) is 13.2. The van der Waals surface area contributed by atoms with E-state index in [1.165, 1.54) is 19.1 Å². The van der Waals surface area contributed by atoms with E-state index in [4.69, 9.17) is 4.74 Å². The Balaban J connectivity index is 3.81. The standard InChI is InChI=1S/C12H22O2/c1-4-7-9-11(8-5-2)10-12(13)14-6-3/h6,11H,3-5,7-10H2,1-2H3. The van der Waals surface area contributed by atoms with E-state index < -0.39 is 0 Å². The van der Waals surface area contributed by atoms with Crippen LogP contribution in [0, 0.1) is 5.92 Å². The second kappa shape index (κ2) is 8.79. The average Bonchev–Trinajstić information content (AvgIpc) is 2.15. The van der Waals surface area contributed by atoms with Gasteiger partial charge in [0.2, 0.25) is 0 Å². The molecule has 1 atom stereocenters. The van der Waals surface area contributed by atoms with Crippen LogP contribution in [0.1, 0.15) is 52.4 Å². The van der Waals surface area contributed by atoms with Crippen LogP contribution in [0.5, 0.6) is 0 Å². The molecule has 0 aliphatic rings. The predicted molar refractivity (Wildman–Crippen MR) is 58.8 cm³/mol. The lowest BCUT2D eigenvalue weighted by Crippen LogP contribution is -2.09. The maximum Gasteiger partial charge on any atom is 0.310 e. The fraction of sp³-hybridized carbons (Fsp3) is 0.750. The van der Waals surface area contributed by atoms with Crippen LogP contribution in [-0.4, -0.2) is 5.97 Å². The molecule has 0 saturated carbocycles. The SMILES string of the molecule is C=COC(=O)CC(CCC)CCCC. The Hall–Kier alpha value is -0.790. The average molecular weight is 198 g/mol. The largest absolute Gasteiger partial charge is 0.435 e. The van der Waals surface area contributed by atoms with Gasteiger partial charge in [0, 0.05) is 6.42 Å². The molecule has 2 nitrogen and oxygen atoms in total. The zero-order valence-electron chi connectivity index (χ0n) is 9.42. The van der Waals surface area contributed by atoms with Crippen molar-refractivity contribution < 1.29 is 9.53 Å². The molecule has 0 saturated heterocycles. The number of carbonyl (C=O) groups excluding carboxylic acids is 1. The summed E-state index contributed by atoms with van der Waals surface area (Å²) in [4.78, 5) is 11.2. The van der Waals surface area contributed by atoms with Crippen LogP contribution in [0.4, 0.5) is 0 Å². The summed E-state index contributed by atoms with van der Waals surface area (Å²) in [5, 5.41) is 0. The number of hydrogen-bond acceptors (Lipinski definition) is 2. The molecule has 0 aromatic carbocycles. The molecule has 0 bridgehead atoms. The van der Waals surface area contributed by atoms with Crippen LogP contribution in [0.25, 0.3) is 0 Å².